The van der Waals surface area contributed by atoms with E-state index < -0.39 is 0 Å². The first kappa shape index (κ1) is 23.7. The fourth-order valence-corrected chi connectivity index (χ4v) is 4.20. The van der Waals surface area contributed by atoms with E-state index in [1.807, 2.05) is 42.6 Å². The Kier molecular flexibility index (Phi) is 8.09. The molecule has 4 rings (SSSR count). The molecular weight excluding hydrogens is 428 g/mol. The van der Waals surface area contributed by atoms with Crippen LogP contribution in [0.3, 0.4) is 0 Å². The topological polar surface area (TPSA) is 76.5 Å². The number of nitrogens with one attached hydrogen (secondary N) is 1. The maximum absolute atomic E-state index is 12.5. The monoisotopic (exact) mass is 460 g/mol. The molecule has 0 spiro atoms. The Morgan fingerprint density at radius 2 is 1.88 bits per heavy atom. The van der Waals surface area contributed by atoms with Crippen molar-refractivity contribution in [3.05, 3.63) is 94.2 Å². The van der Waals surface area contributed by atoms with Crippen LogP contribution in [0, 0.1) is 0 Å². The van der Waals surface area contributed by atoms with Crippen LogP contribution in [-0.2, 0) is 30.9 Å². The number of likely N-dealkylation sites (tertiary alicyclic amines) is 1. The van der Waals surface area contributed by atoms with Crippen LogP contribution in [0.15, 0.2) is 71.8 Å². The zero-order valence-corrected chi connectivity index (χ0v) is 19.7. The molecule has 0 aliphatic carbocycles. The van der Waals surface area contributed by atoms with Gasteiger partial charge in [-0.25, -0.2) is 0 Å². The highest BCUT2D eigenvalue weighted by Crippen LogP contribution is 2.14. The van der Waals surface area contributed by atoms with E-state index in [9.17, 15) is 9.59 Å². The molecule has 3 aromatic rings. The van der Waals surface area contributed by atoms with Gasteiger partial charge in [0.2, 0.25) is 5.91 Å². The highest BCUT2D eigenvalue weighted by molar-refractivity contribution is 5.73. The van der Waals surface area contributed by atoms with Crippen LogP contribution in [-0.4, -0.2) is 39.5 Å². The molecule has 1 aliphatic heterocycles. The number of aromatic nitrogens is 2. The van der Waals surface area contributed by atoms with Gasteiger partial charge in [-0.1, -0.05) is 36.4 Å². The molecule has 1 N–H and O–H groups in total. The van der Waals surface area contributed by atoms with E-state index in [4.69, 9.17) is 4.74 Å². The average Bonchev–Trinajstić information content (AvgIpc) is 2.85. The van der Waals surface area contributed by atoms with Gasteiger partial charge in [-0.05, 0) is 42.5 Å². The number of hydrogen-bond donors (Lipinski definition) is 1. The quantitative estimate of drug-likeness (QED) is 0.531. The first-order valence-corrected chi connectivity index (χ1v) is 11.9. The third-order valence-electron chi connectivity index (χ3n) is 6.12. The Balaban J connectivity index is 1.23. The summed E-state index contributed by atoms with van der Waals surface area (Å²) < 4.78 is 7.44. The zero-order chi connectivity index (χ0) is 23.8. The van der Waals surface area contributed by atoms with Crippen LogP contribution in [0.25, 0.3) is 0 Å². The van der Waals surface area contributed by atoms with Gasteiger partial charge in [0.05, 0.1) is 5.69 Å². The van der Waals surface area contributed by atoms with E-state index in [-0.39, 0.29) is 17.5 Å². The fraction of sp³-hybridized carbons (Fsp3) is 0.370. The molecule has 0 unspecified atom stereocenters. The Hall–Kier alpha value is -3.45. The van der Waals surface area contributed by atoms with Gasteiger partial charge in [0.25, 0.3) is 5.56 Å². The van der Waals surface area contributed by atoms with Crippen LogP contribution in [0.2, 0.25) is 0 Å². The molecule has 1 aromatic carbocycles. The number of benzene rings is 1. The van der Waals surface area contributed by atoms with Gasteiger partial charge in [-0.2, -0.15) is 0 Å². The molecule has 7 nitrogen and oxygen atoms in total. The molecule has 178 valence electrons. The van der Waals surface area contributed by atoms with Gasteiger partial charge in [-0.3, -0.25) is 19.5 Å². The second-order valence-corrected chi connectivity index (χ2v) is 8.83. The van der Waals surface area contributed by atoms with Gasteiger partial charge in [0, 0.05) is 57.6 Å². The van der Waals surface area contributed by atoms with Crippen molar-refractivity contribution in [3.63, 3.8) is 0 Å². The number of ether oxygens (including phenoxy) is 1. The number of carbonyl (C=O) groups is 1. The first-order valence-electron chi connectivity index (χ1n) is 11.9. The minimum atomic E-state index is -0.0715. The number of aryl methyl sites for hydroxylation is 2. The maximum Gasteiger partial charge on any atom is 0.254 e. The summed E-state index contributed by atoms with van der Waals surface area (Å²) in [5, 5.41) is 3.01. The summed E-state index contributed by atoms with van der Waals surface area (Å²) in [7, 11) is 0. The van der Waals surface area contributed by atoms with E-state index >= 15 is 0 Å². The largest absolute Gasteiger partial charge is 0.489 e. The lowest BCUT2D eigenvalue weighted by atomic mass is 10.0. The van der Waals surface area contributed by atoms with Crippen molar-refractivity contribution in [2.45, 2.75) is 51.9 Å². The van der Waals surface area contributed by atoms with E-state index in [1.54, 1.807) is 23.8 Å². The molecule has 0 radical (unpaired) electrons. The second kappa shape index (κ2) is 11.6. The summed E-state index contributed by atoms with van der Waals surface area (Å²) in [5.41, 5.74) is 3.14. The first-order chi connectivity index (χ1) is 16.5. The summed E-state index contributed by atoms with van der Waals surface area (Å²) in [6.07, 6.45) is 6.38. The molecule has 0 saturated carbocycles. The number of nitrogens with zero attached hydrogens (tertiary/aromatic N) is 3. The summed E-state index contributed by atoms with van der Waals surface area (Å²) >= 11 is 0. The molecule has 1 amide bonds. The van der Waals surface area contributed by atoms with E-state index in [1.165, 1.54) is 0 Å². The van der Waals surface area contributed by atoms with Crippen LogP contribution >= 0.6 is 0 Å². The SMILES string of the molecule is CC(=O)NC1CCN(Cc2ccc(CCn3ccc(OCc4ccccc4)cc3=O)cn2)CC1. The van der Waals surface area contributed by atoms with Crippen LogP contribution in [0.1, 0.15) is 36.6 Å². The highest BCUT2D eigenvalue weighted by Gasteiger charge is 2.19. The van der Waals surface area contributed by atoms with Crippen LogP contribution in [0.4, 0.5) is 0 Å². The van der Waals surface area contributed by atoms with Crippen molar-refractivity contribution < 1.29 is 9.53 Å². The minimum absolute atomic E-state index is 0.0466. The van der Waals surface area contributed by atoms with Crippen molar-refractivity contribution in [1.29, 1.82) is 0 Å². The molecule has 1 saturated heterocycles. The Bertz CT molecular complexity index is 1120. The average molecular weight is 461 g/mol. The predicted molar refractivity (Wildman–Crippen MR) is 132 cm³/mol. The van der Waals surface area contributed by atoms with Crippen molar-refractivity contribution in [2.24, 2.45) is 0 Å². The molecule has 34 heavy (non-hydrogen) atoms. The fourth-order valence-electron chi connectivity index (χ4n) is 4.20. The van der Waals surface area contributed by atoms with Gasteiger partial charge in [0.1, 0.15) is 12.4 Å². The Morgan fingerprint density at radius 3 is 2.56 bits per heavy atom. The molecule has 1 fully saturated rings. The Morgan fingerprint density at radius 1 is 1.09 bits per heavy atom. The van der Waals surface area contributed by atoms with E-state index in [2.05, 4.69) is 27.3 Å². The lowest BCUT2D eigenvalue weighted by molar-refractivity contribution is -0.119. The number of rotatable bonds is 9. The number of amides is 1. The Labute approximate surface area is 200 Å². The maximum atomic E-state index is 12.5. The van der Waals surface area contributed by atoms with E-state index in [0.29, 0.717) is 18.9 Å². The van der Waals surface area contributed by atoms with Crippen molar-refractivity contribution in [1.82, 2.24) is 19.8 Å². The van der Waals surface area contributed by atoms with Crippen molar-refractivity contribution in [2.75, 3.05) is 13.1 Å². The van der Waals surface area contributed by atoms with Gasteiger partial charge >= 0.3 is 0 Å². The van der Waals surface area contributed by atoms with Gasteiger partial charge in [-0.15, -0.1) is 0 Å². The van der Waals surface area contributed by atoms with E-state index in [0.717, 1.165) is 55.7 Å². The number of hydrogen-bond acceptors (Lipinski definition) is 5. The van der Waals surface area contributed by atoms with Crippen LogP contribution in [0.5, 0.6) is 5.75 Å². The molecule has 1 aliphatic rings. The standard InChI is InChI=1S/C27H32N4O3/c1-21(32)29-24-10-13-30(14-11-24)19-25-8-7-22(18-28-25)9-15-31-16-12-26(17-27(31)33)34-20-23-5-3-2-4-6-23/h2-8,12,16-18,24H,9-11,13-15,19-20H2,1H3,(H,29,32). The summed E-state index contributed by atoms with van der Waals surface area (Å²) in [4.78, 5) is 30.7. The van der Waals surface area contributed by atoms with Crippen LogP contribution < -0.4 is 15.6 Å². The molecule has 7 heteroatoms. The summed E-state index contributed by atoms with van der Waals surface area (Å²) in [6, 6.07) is 17.7. The number of pyridine rings is 2. The highest BCUT2D eigenvalue weighted by atomic mass is 16.5. The summed E-state index contributed by atoms with van der Waals surface area (Å²) in [5.74, 6) is 0.627. The third-order valence-corrected chi connectivity index (χ3v) is 6.12. The van der Waals surface area contributed by atoms with Crippen molar-refractivity contribution in [3.8, 4) is 5.75 Å². The van der Waals surface area contributed by atoms with Gasteiger partial charge < -0.3 is 14.6 Å². The lowest BCUT2D eigenvalue weighted by Crippen LogP contribution is -2.43. The normalized spacial score (nSPS) is 14.6. The predicted octanol–water partition coefficient (Wildman–Crippen LogP) is 3.17. The van der Waals surface area contributed by atoms with Crippen molar-refractivity contribution >= 4 is 5.91 Å². The second-order valence-electron chi connectivity index (χ2n) is 8.83. The van der Waals surface area contributed by atoms with Gasteiger partial charge in [0.15, 0.2) is 0 Å². The molecule has 2 aromatic heterocycles. The zero-order valence-electron chi connectivity index (χ0n) is 19.7. The molecule has 0 bridgehead atoms. The molecular formula is C27H32N4O3. The lowest BCUT2D eigenvalue weighted by Gasteiger charge is -2.31. The molecule has 0 atom stereocenters. The third kappa shape index (κ3) is 7.02. The molecule has 3 heterocycles. The smallest absolute Gasteiger partial charge is 0.254 e. The number of carbonyl (C=O) groups excluding carboxylic acids is 1. The number of piperidine rings is 1. The minimum Gasteiger partial charge on any atom is -0.489 e. The summed E-state index contributed by atoms with van der Waals surface area (Å²) in [6.45, 7) is 5.34.